The fraction of sp³-hybridized carbons (Fsp3) is 0.412. The minimum Gasteiger partial charge on any atom is -0.494 e. The van der Waals surface area contributed by atoms with E-state index >= 15 is 0 Å². The molecule has 114 valence electrons. The van der Waals surface area contributed by atoms with Gasteiger partial charge in [-0.1, -0.05) is 19.1 Å². The van der Waals surface area contributed by atoms with E-state index in [0.29, 0.717) is 12.6 Å². The van der Waals surface area contributed by atoms with Crippen molar-refractivity contribution in [2.75, 3.05) is 13.2 Å². The van der Waals surface area contributed by atoms with Crippen molar-refractivity contribution >= 4 is 27.3 Å². The molecule has 1 atom stereocenters. The van der Waals surface area contributed by atoms with Crippen molar-refractivity contribution in [2.45, 2.75) is 32.7 Å². The number of rotatable bonds is 8. The molecule has 0 aliphatic heterocycles. The number of nitrogens with one attached hydrogen (secondary N) is 1. The van der Waals surface area contributed by atoms with Crippen molar-refractivity contribution in [3.63, 3.8) is 0 Å². The highest BCUT2D eigenvalue weighted by atomic mass is 79.9. The van der Waals surface area contributed by atoms with Crippen LogP contribution in [0.1, 0.15) is 36.8 Å². The molecule has 0 radical (unpaired) electrons. The third kappa shape index (κ3) is 5.13. The van der Waals surface area contributed by atoms with Crippen molar-refractivity contribution in [1.82, 2.24) is 5.32 Å². The monoisotopic (exact) mass is 367 g/mol. The Kier molecular flexibility index (Phi) is 6.74. The molecule has 1 aromatic carbocycles. The molecule has 0 aliphatic rings. The Labute approximate surface area is 139 Å². The van der Waals surface area contributed by atoms with Crippen LogP contribution in [0.4, 0.5) is 0 Å². The molecule has 1 aromatic heterocycles. The van der Waals surface area contributed by atoms with Gasteiger partial charge in [0.15, 0.2) is 0 Å². The smallest absolute Gasteiger partial charge is 0.119 e. The van der Waals surface area contributed by atoms with Crippen LogP contribution in [0, 0.1) is 0 Å². The van der Waals surface area contributed by atoms with E-state index in [1.807, 2.05) is 6.92 Å². The Morgan fingerprint density at radius 1 is 1.24 bits per heavy atom. The van der Waals surface area contributed by atoms with Gasteiger partial charge in [0.25, 0.3) is 0 Å². The zero-order valence-electron chi connectivity index (χ0n) is 12.6. The van der Waals surface area contributed by atoms with E-state index in [1.54, 1.807) is 11.3 Å². The molecule has 2 nitrogen and oxygen atoms in total. The van der Waals surface area contributed by atoms with E-state index in [-0.39, 0.29) is 0 Å². The quantitative estimate of drug-likeness (QED) is 0.692. The highest BCUT2D eigenvalue weighted by Gasteiger charge is 2.13. The molecular formula is C17H22BrNOS. The summed E-state index contributed by atoms with van der Waals surface area (Å²) >= 11 is 5.34. The topological polar surface area (TPSA) is 21.3 Å². The van der Waals surface area contributed by atoms with E-state index < -0.39 is 0 Å². The third-order valence-electron chi connectivity index (χ3n) is 3.26. The van der Waals surface area contributed by atoms with Crippen LogP contribution < -0.4 is 10.1 Å². The van der Waals surface area contributed by atoms with Crippen LogP contribution in [-0.4, -0.2) is 13.2 Å². The van der Waals surface area contributed by atoms with Crippen LogP contribution in [0.25, 0.3) is 0 Å². The number of ether oxygens (including phenoxy) is 1. The molecule has 0 saturated heterocycles. The van der Waals surface area contributed by atoms with Crippen molar-refractivity contribution in [1.29, 1.82) is 0 Å². The molecule has 0 amide bonds. The number of hydrogen-bond donors (Lipinski definition) is 1. The molecule has 0 bridgehead atoms. The molecule has 2 aromatic rings. The van der Waals surface area contributed by atoms with Crippen LogP contribution in [0.3, 0.4) is 0 Å². The summed E-state index contributed by atoms with van der Waals surface area (Å²) in [6.45, 7) is 5.95. The van der Waals surface area contributed by atoms with Gasteiger partial charge in [-0.15, -0.1) is 11.3 Å². The van der Waals surface area contributed by atoms with Gasteiger partial charge in [0.05, 0.1) is 6.61 Å². The average molecular weight is 368 g/mol. The van der Waals surface area contributed by atoms with E-state index in [1.165, 1.54) is 14.9 Å². The van der Waals surface area contributed by atoms with Crippen molar-refractivity contribution in [2.24, 2.45) is 0 Å². The second-order valence-corrected chi connectivity index (χ2v) is 6.86. The first-order valence-electron chi connectivity index (χ1n) is 7.42. The molecule has 1 heterocycles. The first-order valence-corrected chi connectivity index (χ1v) is 9.09. The molecular weight excluding hydrogens is 346 g/mol. The summed E-state index contributed by atoms with van der Waals surface area (Å²) in [5.41, 5.74) is 1.32. The fourth-order valence-electron chi connectivity index (χ4n) is 2.25. The van der Waals surface area contributed by atoms with Crippen LogP contribution in [0.5, 0.6) is 5.75 Å². The van der Waals surface area contributed by atoms with Gasteiger partial charge in [0, 0.05) is 27.2 Å². The summed E-state index contributed by atoms with van der Waals surface area (Å²) in [5.74, 6) is 0.939. The third-order valence-corrected chi connectivity index (χ3v) is 4.98. The van der Waals surface area contributed by atoms with Gasteiger partial charge in [0.2, 0.25) is 0 Å². The van der Waals surface area contributed by atoms with E-state index in [4.69, 9.17) is 4.74 Å². The lowest BCUT2D eigenvalue weighted by Crippen LogP contribution is -2.23. The summed E-state index contributed by atoms with van der Waals surface area (Å²) in [7, 11) is 0. The fourth-order valence-corrected chi connectivity index (χ4v) is 3.75. The van der Waals surface area contributed by atoms with Crippen LogP contribution in [0.15, 0.2) is 40.2 Å². The van der Waals surface area contributed by atoms with Crippen molar-refractivity contribution < 1.29 is 4.74 Å². The maximum atomic E-state index is 5.52. The molecule has 21 heavy (non-hydrogen) atoms. The molecule has 0 saturated carbocycles. The summed E-state index contributed by atoms with van der Waals surface area (Å²) in [4.78, 5) is 1.39. The van der Waals surface area contributed by atoms with Gasteiger partial charge in [-0.25, -0.2) is 0 Å². The van der Waals surface area contributed by atoms with E-state index in [0.717, 1.165) is 25.1 Å². The lowest BCUT2D eigenvalue weighted by molar-refractivity contribution is 0.340. The second-order valence-electron chi connectivity index (χ2n) is 4.94. The Balaban J connectivity index is 2.10. The van der Waals surface area contributed by atoms with Gasteiger partial charge < -0.3 is 10.1 Å². The van der Waals surface area contributed by atoms with Crippen molar-refractivity contribution in [3.8, 4) is 5.75 Å². The van der Waals surface area contributed by atoms with E-state index in [2.05, 4.69) is 63.9 Å². The van der Waals surface area contributed by atoms with Crippen LogP contribution in [-0.2, 0) is 6.42 Å². The number of thiophene rings is 1. The predicted octanol–water partition coefficient (Wildman–Crippen LogP) is 5.19. The van der Waals surface area contributed by atoms with E-state index in [9.17, 15) is 0 Å². The zero-order chi connectivity index (χ0) is 15.1. The number of halogens is 1. The lowest BCUT2D eigenvalue weighted by Gasteiger charge is -2.19. The normalized spacial score (nSPS) is 12.3. The standard InChI is InChI=1S/C17H22BrNOS/c1-3-9-19-17(11-16-10-14(18)12-21-16)13-5-7-15(8-6-13)20-4-2/h5-8,10,12,17,19H,3-4,9,11H2,1-2H3. The Bertz CT molecular complexity index is 538. The Hall–Kier alpha value is -0.840. The average Bonchev–Trinajstić information content (AvgIpc) is 2.90. The van der Waals surface area contributed by atoms with Gasteiger partial charge in [-0.2, -0.15) is 0 Å². The Morgan fingerprint density at radius 3 is 2.57 bits per heavy atom. The van der Waals surface area contributed by atoms with Gasteiger partial charge in [-0.3, -0.25) is 0 Å². The summed E-state index contributed by atoms with van der Waals surface area (Å²) in [5, 5.41) is 5.79. The van der Waals surface area contributed by atoms with Crippen molar-refractivity contribution in [3.05, 3.63) is 50.6 Å². The summed E-state index contributed by atoms with van der Waals surface area (Å²) in [6.07, 6.45) is 2.16. The first-order chi connectivity index (χ1) is 10.2. The maximum absolute atomic E-state index is 5.52. The molecule has 4 heteroatoms. The largest absolute Gasteiger partial charge is 0.494 e. The molecule has 1 unspecified atom stereocenters. The van der Waals surface area contributed by atoms with Crippen LogP contribution >= 0.6 is 27.3 Å². The first kappa shape index (κ1) is 16.5. The van der Waals surface area contributed by atoms with Crippen LogP contribution in [0.2, 0.25) is 0 Å². The van der Waals surface area contributed by atoms with Gasteiger partial charge >= 0.3 is 0 Å². The number of benzene rings is 1. The second kappa shape index (κ2) is 8.57. The molecule has 0 spiro atoms. The molecule has 0 aliphatic carbocycles. The molecule has 1 N–H and O–H groups in total. The number of hydrogen-bond acceptors (Lipinski definition) is 3. The maximum Gasteiger partial charge on any atom is 0.119 e. The van der Waals surface area contributed by atoms with Gasteiger partial charge in [-0.05, 0) is 59.6 Å². The lowest BCUT2D eigenvalue weighted by atomic mass is 10.0. The molecule has 2 rings (SSSR count). The molecule has 0 fully saturated rings. The Morgan fingerprint density at radius 2 is 2.00 bits per heavy atom. The highest BCUT2D eigenvalue weighted by Crippen LogP contribution is 2.26. The summed E-state index contributed by atoms with van der Waals surface area (Å²) in [6, 6.07) is 11.0. The minimum atomic E-state index is 0.353. The minimum absolute atomic E-state index is 0.353. The predicted molar refractivity (Wildman–Crippen MR) is 94.4 cm³/mol. The van der Waals surface area contributed by atoms with Gasteiger partial charge in [0.1, 0.15) is 5.75 Å². The zero-order valence-corrected chi connectivity index (χ0v) is 15.0. The summed E-state index contributed by atoms with van der Waals surface area (Å²) < 4.78 is 6.69. The highest BCUT2D eigenvalue weighted by molar-refractivity contribution is 9.10. The SMILES string of the molecule is CCCNC(Cc1cc(Br)cs1)c1ccc(OCC)cc1.